The van der Waals surface area contributed by atoms with E-state index in [4.69, 9.17) is 0 Å². The van der Waals surface area contributed by atoms with Crippen molar-refractivity contribution in [1.82, 2.24) is 10.2 Å². The van der Waals surface area contributed by atoms with Gasteiger partial charge >= 0.3 is 0 Å². The number of halogens is 1. The number of hydrogen-bond acceptors (Lipinski definition) is 2. The summed E-state index contributed by atoms with van der Waals surface area (Å²) in [6, 6.07) is 6.78. The average Bonchev–Trinajstić information content (AvgIpc) is 3.26. The Kier molecular flexibility index (Phi) is 3.72. The average molecular weight is 288 g/mol. The highest BCUT2D eigenvalue weighted by Crippen LogP contribution is 2.42. The molecule has 0 bridgehead atoms. The third kappa shape index (κ3) is 2.86. The normalized spacial score (nSPS) is 26.3. The molecule has 1 heterocycles. The fraction of sp³-hybridized carbons (Fsp3) is 0.667. The van der Waals surface area contributed by atoms with Crippen molar-refractivity contribution >= 4 is 0 Å². The van der Waals surface area contributed by atoms with Crippen molar-refractivity contribution < 1.29 is 4.39 Å². The van der Waals surface area contributed by atoms with Crippen LogP contribution < -0.4 is 5.32 Å². The van der Waals surface area contributed by atoms with Crippen LogP contribution in [0.5, 0.6) is 0 Å². The molecule has 0 radical (unpaired) electrons. The van der Waals surface area contributed by atoms with Crippen molar-refractivity contribution in [3.8, 4) is 0 Å². The number of piperidine rings is 1. The lowest BCUT2D eigenvalue weighted by Gasteiger charge is -2.34. The first-order valence-corrected chi connectivity index (χ1v) is 8.56. The van der Waals surface area contributed by atoms with Gasteiger partial charge in [-0.25, -0.2) is 4.39 Å². The monoisotopic (exact) mass is 288 g/mol. The molecule has 1 aliphatic heterocycles. The molecule has 2 nitrogen and oxygen atoms in total. The van der Waals surface area contributed by atoms with E-state index in [1.54, 1.807) is 12.1 Å². The Balaban J connectivity index is 1.52. The van der Waals surface area contributed by atoms with E-state index in [0.717, 1.165) is 18.4 Å². The van der Waals surface area contributed by atoms with Crippen LogP contribution in [0.4, 0.5) is 4.39 Å². The molecular formula is C18H25FN2. The minimum absolute atomic E-state index is 0.0780. The van der Waals surface area contributed by atoms with Crippen LogP contribution in [0, 0.1) is 11.7 Å². The van der Waals surface area contributed by atoms with E-state index in [2.05, 4.69) is 10.2 Å². The molecule has 1 aromatic carbocycles. The van der Waals surface area contributed by atoms with E-state index in [-0.39, 0.29) is 5.82 Å². The summed E-state index contributed by atoms with van der Waals surface area (Å²) >= 11 is 0. The van der Waals surface area contributed by atoms with Gasteiger partial charge in [-0.1, -0.05) is 6.07 Å². The Bertz CT molecular complexity index is 506. The second kappa shape index (κ2) is 5.69. The molecule has 0 amide bonds. The second-order valence-corrected chi connectivity index (χ2v) is 7.02. The van der Waals surface area contributed by atoms with Crippen molar-refractivity contribution in [2.45, 2.75) is 50.6 Å². The van der Waals surface area contributed by atoms with E-state index >= 15 is 0 Å². The van der Waals surface area contributed by atoms with E-state index in [1.807, 2.05) is 6.07 Å². The van der Waals surface area contributed by atoms with Gasteiger partial charge < -0.3 is 5.32 Å². The summed E-state index contributed by atoms with van der Waals surface area (Å²) < 4.78 is 13.4. The van der Waals surface area contributed by atoms with Gasteiger partial charge in [0.15, 0.2) is 0 Å². The summed E-state index contributed by atoms with van der Waals surface area (Å²) in [6.45, 7) is 3.60. The minimum atomic E-state index is -0.0780. The molecule has 1 unspecified atom stereocenters. The summed E-state index contributed by atoms with van der Waals surface area (Å²) in [5.41, 5.74) is 2.65. The smallest absolute Gasteiger partial charge is 0.123 e. The van der Waals surface area contributed by atoms with E-state index in [0.29, 0.717) is 6.04 Å². The van der Waals surface area contributed by atoms with Crippen LogP contribution in [0.3, 0.4) is 0 Å². The lowest BCUT2D eigenvalue weighted by Crippen LogP contribution is -2.38. The topological polar surface area (TPSA) is 15.3 Å². The molecule has 2 fully saturated rings. The van der Waals surface area contributed by atoms with Crippen LogP contribution in [0.15, 0.2) is 18.2 Å². The number of rotatable bonds is 4. The highest BCUT2D eigenvalue weighted by atomic mass is 19.1. The lowest BCUT2D eigenvalue weighted by molar-refractivity contribution is 0.142. The number of nitrogens with one attached hydrogen (secondary N) is 1. The van der Waals surface area contributed by atoms with Gasteiger partial charge in [0.05, 0.1) is 0 Å². The predicted octanol–water partition coefficient (Wildman–Crippen LogP) is 3.28. The highest BCUT2D eigenvalue weighted by molar-refractivity contribution is 5.35. The molecule has 1 N–H and O–H groups in total. The number of nitrogens with zero attached hydrogens (tertiary/aromatic N) is 1. The van der Waals surface area contributed by atoms with Gasteiger partial charge in [-0.3, -0.25) is 4.90 Å². The molecule has 3 aliphatic rings. The van der Waals surface area contributed by atoms with Gasteiger partial charge in [0, 0.05) is 18.6 Å². The van der Waals surface area contributed by atoms with E-state index in [9.17, 15) is 4.39 Å². The van der Waals surface area contributed by atoms with Crippen molar-refractivity contribution in [2.75, 3.05) is 19.6 Å². The maximum absolute atomic E-state index is 13.4. The first-order valence-electron chi connectivity index (χ1n) is 8.56. The Labute approximate surface area is 126 Å². The van der Waals surface area contributed by atoms with Gasteiger partial charge in [0.2, 0.25) is 0 Å². The molecule has 2 aliphatic carbocycles. The third-order valence-electron chi connectivity index (χ3n) is 5.50. The SMILES string of the molecule is Fc1ccc2c(c1)CCC2N(CC1CCNCC1)C1CC1. The highest BCUT2D eigenvalue weighted by Gasteiger charge is 2.38. The molecule has 1 atom stereocenters. The van der Waals surface area contributed by atoms with Gasteiger partial charge in [0.25, 0.3) is 0 Å². The molecular weight excluding hydrogens is 263 g/mol. The number of benzene rings is 1. The van der Waals surface area contributed by atoms with Gasteiger partial charge in [0.1, 0.15) is 5.82 Å². The Hall–Kier alpha value is -0.930. The molecule has 1 saturated heterocycles. The fourth-order valence-corrected chi connectivity index (χ4v) is 4.21. The Morgan fingerprint density at radius 2 is 1.90 bits per heavy atom. The van der Waals surface area contributed by atoms with Crippen molar-refractivity contribution in [2.24, 2.45) is 5.92 Å². The zero-order valence-electron chi connectivity index (χ0n) is 12.7. The van der Waals surface area contributed by atoms with Crippen LogP contribution in [-0.4, -0.2) is 30.6 Å². The first-order chi connectivity index (χ1) is 10.3. The molecule has 1 aromatic rings. The molecule has 4 rings (SSSR count). The lowest BCUT2D eigenvalue weighted by atomic mass is 9.96. The van der Waals surface area contributed by atoms with Crippen LogP contribution >= 0.6 is 0 Å². The summed E-state index contributed by atoms with van der Waals surface area (Å²) in [4.78, 5) is 2.76. The summed E-state index contributed by atoms with van der Waals surface area (Å²) in [5, 5.41) is 3.46. The summed E-state index contributed by atoms with van der Waals surface area (Å²) in [6.07, 6.45) is 7.57. The summed E-state index contributed by atoms with van der Waals surface area (Å²) in [5.74, 6) is 0.766. The van der Waals surface area contributed by atoms with Crippen molar-refractivity contribution in [1.29, 1.82) is 0 Å². The fourth-order valence-electron chi connectivity index (χ4n) is 4.21. The van der Waals surface area contributed by atoms with Crippen LogP contribution in [-0.2, 0) is 6.42 Å². The Morgan fingerprint density at radius 1 is 1.10 bits per heavy atom. The third-order valence-corrected chi connectivity index (χ3v) is 5.50. The van der Waals surface area contributed by atoms with Gasteiger partial charge in [-0.15, -0.1) is 0 Å². The predicted molar refractivity (Wildman–Crippen MR) is 82.8 cm³/mol. The second-order valence-electron chi connectivity index (χ2n) is 7.02. The molecule has 0 aromatic heterocycles. The van der Waals surface area contributed by atoms with E-state index < -0.39 is 0 Å². The zero-order chi connectivity index (χ0) is 14.2. The molecule has 1 saturated carbocycles. The standard InChI is InChI=1S/C18H25FN2/c19-15-2-5-17-14(11-15)1-6-18(17)21(16-3-4-16)12-13-7-9-20-10-8-13/h2,5,11,13,16,18,20H,1,3-4,6-10,12H2. The molecule has 0 spiro atoms. The number of aryl methyl sites for hydroxylation is 1. The molecule has 114 valence electrons. The summed E-state index contributed by atoms with van der Waals surface area (Å²) in [7, 11) is 0. The van der Waals surface area contributed by atoms with Crippen LogP contribution in [0.25, 0.3) is 0 Å². The minimum Gasteiger partial charge on any atom is -0.317 e. The van der Waals surface area contributed by atoms with Gasteiger partial charge in [-0.05, 0) is 80.8 Å². The number of hydrogen-bond donors (Lipinski definition) is 1. The van der Waals surface area contributed by atoms with Crippen molar-refractivity contribution in [3.63, 3.8) is 0 Å². The molecule has 21 heavy (non-hydrogen) atoms. The zero-order valence-corrected chi connectivity index (χ0v) is 12.7. The maximum Gasteiger partial charge on any atom is 0.123 e. The number of fused-ring (bicyclic) bond motifs is 1. The largest absolute Gasteiger partial charge is 0.317 e. The Morgan fingerprint density at radius 3 is 2.67 bits per heavy atom. The molecule has 3 heteroatoms. The van der Waals surface area contributed by atoms with Crippen molar-refractivity contribution in [3.05, 3.63) is 35.1 Å². The van der Waals surface area contributed by atoms with Crippen LogP contribution in [0.2, 0.25) is 0 Å². The quantitative estimate of drug-likeness (QED) is 0.914. The first kappa shape index (κ1) is 13.7. The van der Waals surface area contributed by atoms with Gasteiger partial charge in [-0.2, -0.15) is 0 Å². The van der Waals surface area contributed by atoms with Crippen LogP contribution in [0.1, 0.15) is 49.3 Å². The maximum atomic E-state index is 13.4. The van der Waals surface area contributed by atoms with E-state index in [1.165, 1.54) is 62.9 Å².